The molecule has 0 fully saturated rings. The van der Waals surface area contributed by atoms with Crippen LogP contribution in [0.25, 0.3) is 0 Å². The van der Waals surface area contributed by atoms with Gasteiger partial charge >= 0.3 is 0 Å². The van der Waals surface area contributed by atoms with Crippen molar-refractivity contribution in [3.8, 4) is 11.5 Å². The Bertz CT molecular complexity index is 557. The predicted molar refractivity (Wildman–Crippen MR) is 79.7 cm³/mol. The Kier molecular flexibility index (Phi) is 5.12. The number of ether oxygens (including phenoxy) is 2. The molecule has 0 amide bonds. The van der Waals surface area contributed by atoms with E-state index in [1.165, 1.54) is 0 Å². The highest BCUT2D eigenvalue weighted by Gasteiger charge is 2.12. The molecular weight excluding hydrogens is 299 g/mol. The van der Waals surface area contributed by atoms with Crippen molar-refractivity contribution in [2.24, 2.45) is 0 Å². The highest BCUT2D eigenvalue weighted by molar-refractivity contribution is 6.35. The van der Waals surface area contributed by atoms with E-state index in [-0.39, 0.29) is 13.2 Å². The van der Waals surface area contributed by atoms with Crippen LogP contribution in [-0.4, -0.2) is 12.2 Å². The lowest BCUT2D eigenvalue weighted by Crippen LogP contribution is -2.02. The van der Waals surface area contributed by atoms with Crippen LogP contribution in [0.3, 0.4) is 0 Å². The molecule has 0 spiro atoms. The van der Waals surface area contributed by atoms with Gasteiger partial charge in [0.15, 0.2) is 11.5 Å². The highest BCUT2D eigenvalue weighted by Crippen LogP contribution is 2.33. The minimum Gasteiger partial charge on any atom is -0.493 e. The third-order valence-electron chi connectivity index (χ3n) is 2.87. The number of aliphatic hydroxyl groups is 1. The number of benzene rings is 2. The second-order valence-corrected chi connectivity index (χ2v) is 4.91. The van der Waals surface area contributed by atoms with E-state index in [0.29, 0.717) is 32.7 Å². The summed E-state index contributed by atoms with van der Waals surface area (Å²) in [4.78, 5) is 0. The van der Waals surface area contributed by atoms with Crippen LogP contribution in [0.2, 0.25) is 10.0 Å². The summed E-state index contributed by atoms with van der Waals surface area (Å²) < 4.78 is 11.0. The zero-order chi connectivity index (χ0) is 14.5. The molecule has 1 N–H and O–H groups in total. The van der Waals surface area contributed by atoms with Crippen LogP contribution in [0.5, 0.6) is 11.5 Å². The van der Waals surface area contributed by atoms with E-state index < -0.39 is 0 Å². The van der Waals surface area contributed by atoms with Crippen LogP contribution in [0.15, 0.2) is 36.4 Å². The molecule has 0 aliphatic rings. The molecule has 0 saturated carbocycles. The van der Waals surface area contributed by atoms with Gasteiger partial charge in [-0.3, -0.25) is 0 Å². The number of aliphatic hydroxyl groups excluding tert-OH is 1. The summed E-state index contributed by atoms with van der Waals surface area (Å²) in [7, 11) is 1.55. The molecular formula is C15H14Cl2O3. The zero-order valence-electron chi connectivity index (χ0n) is 10.9. The molecule has 0 unspecified atom stereocenters. The predicted octanol–water partition coefficient (Wildman–Crippen LogP) is 4.07. The second kappa shape index (κ2) is 6.84. The Balaban J connectivity index is 2.27. The Morgan fingerprint density at radius 1 is 1.05 bits per heavy atom. The third kappa shape index (κ3) is 3.18. The number of methoxy groups -OCH3 is 1. The van der Waals surface area contributed by atoms with E-state index in [9.17, 15) is 5.11 Å². The molecule has 2 rings (SSSR count). The Hall–Kier alpha value is -1.42. The average molecular weight is 313 g/mol. The number of rotatable bonds is 5. The van der Waals surface area contributed by atoms with E-state index in [1.54, 1.807) is 43.5 Å². The summed E-state index contributed by atoms with van der Waals surface area (Å²) >= 11 is 12.2. The van der Waals surface area contributed by atoms with Crippen molar-refractivity contribution in [1.82, 2.24) is 0 Å². The number of halogens is 2. The van der Waals surface area contributed by atoms with Crippen molar-refractivity contribution < 1.29 is 14.6 Å². The van der Waals surface area contributed by atoms with Gasteiger partial charge in [0.05, 0.1) is 13.7 Å². The summed E-state index contributed by atoms with van der Waals surface area (Å²) in [5.74, 6) is 1.05. The van der Waals surface area contributed by atoms with Crippen LogP contribution in [0, 0.1) is 0 Å². The monoisotopic (exact) mass is 312 g/mol. The standard InChI is InChI=1S/C15H14Cl2O3/c1-19-14-7-2-4-10(8-18)15(14)20-9-11-12(16)5-3-6-13(11)17/h2-7,18H,8-9H2,1H3. The summed E-state index contributed by atoms with van der Waals surface area (Å²) in [6.07, 6.45) is 0. The molecule has 20 heavy (non-hydrogen) atoms. The van der Waals surface area contributed by atoms with E-state index >= 15 is 0 Å². The van der Waals surface area contributed by atoms with Gasteiger partial charge in [0.1, 0.15) is 6.61 Å². The molecule has 5 heteroatoms. The van der Waals surface area contributed by atoms with Crippen molar-refractivity contribution in [3.05, 3.63) is 57.6 Å². The zero-order valence-corrected chi connectivity index (χ0v) is 12.4. The summed E-state index contributed by atoms with van der Waals surface area (Å²) in [5, 5.41) is 10.4. The maximum atomic E-state index is 9.36. The molecule has 0 aliphatic heterocycles. The van der Waals surface area contributed by atoms with Crippen LogP contribution in [0.4, 0.5) is 0 Å². The average Bonchev–Trinajstić information content (AvgIpc) is 2.46. The lowest BCUT2D eigenvalue weighted by Gasteiger charge is -2.15. The smallest absolute Gasteiger partial charge is 0.167 e. The maximum absolute atomic E-state index is 9.36. The molecule has 3 nitrogen and oxygen atoms in total. The molecule has 2 aromatic carbocycles. The molecule has 0 radical (unpaired) electrons. The van der Waals surface area contributed by atoms with Gasteiger partial charge in [0.25, 0.3) is 0 Å². The first-order chi connectivity index (χ1) is 9.67. The Labute approximate surface area is 127 Å². The molecule has 0 aliphatic carbocycles. The summed E-state index contributed by atoms with van der Waals surface area (Å²) in [6, 6.07) is 10.6. The number of hydrogen-bond acceptors (Lipinski definition) is 3. The van der Waals surface area contributed by atoms with Gasteiger partial charge in [-0.1, -0.05) is 41.4 Å². The number of para-hydroxylation sites is 1. The van der Waals surface area contributed by atoms with Crippen LogP contribution in [0.1, 0.15) is 11.1 Å². The first-order valence-corrected chi connectivity index (χ1v) is 6.75. The fraction of sp³-hybridized carbons (Fsp3) is 0.200. The minimum atomic E-state index is -0.136. The van der Waals surface area contributed by atoms with E-state index in [4.69, 9.17) is 32.7 Å². The molecule has 2 aromatic rings. The SMILES string of the molecule is COc1cccc(CO)c1OCc1c(Cl)cccc1Cl. The molecule has 0 bridgehead atoms. The van der Waals surface area contributed by atoms with Crippen molar-refractivity contribution in [2.45, 2.75) is 13.2 Å². The van der Waals surface area contributed by atoms with Gasteiger partial charge in [0.2, 0.25) is 0 Å². The van der Waals surface area contributed by atoms with Gasteiger partial charge < -0.3 is 14.6 Å². The highest BCUT2D eigenvalue weighted by atomic mass is 35.5. The van der Waals surface area contributed by atoms with Crippen molar-refractivity contribution >= 4 is 23.2 Å². The maximum Gasteiger partial charge on any atom is 0.167 e. The van der Waals surface area contributed by atoms with E-state index in [2.05, 4.69) is 0 Å². The lowest BCUT2D eigenvalue weighted by atomic mass is 10.2. The molecule has 0 heterocycles. The summed E-state index contributed by atoms with van der Waals surface area (Å²) in [6.45, 7) is 0.0642. The quantitative estimate of drug-likeness (QED) is 0.904. The van der Waals surface area contributed by atoms with Gasteiger partial charge in [0, 0.05) is 21.2 Å². The van der Waals surface area contributed by atoms with Crippen molar-refractivity contribution in [1.29, 1.82) is 0 Å². The van der Waals surface area contributed by atoms with Crippen molar-refractivity contribution in [2.75, 3.05) is 7.11 Å². The Morgan fingerprint density at radius 2 is 1.70 bits per heavy atom. The Morgan fingerprint density at radius 3 is 2.30 bits per heavy atom. The molecule has 0 saturated heterocycles. The first kappa shape index (κ1) is 15.0. The van der Waals surface area contributed by atoms with Gasteiger partial charge in [-0.2, -0.15) is 0 Å². The second-order valence-electron chi connectivity index (χ2n) is 4.10. The number of hydrogen-bond donors (Lipinski definition) is 1. The largest absolute Gasteiger partial charge is 0.493 e. The molecule has 0 atom stereocenters. The van der Waals surface area contributed by atoms with Crippen LogP contribution >= 0.6 is 23.2 Å². The normalized spacial score (nSPS) is 10.4. The first-order valence-electron chi connectivity index (χ1n) is 5.99. The molecule has 0 aromatic heterocycles. The topological polar surface area (TPSA) is 38.7 Å². The lowest BCUT2D eigenvalue weighted by molar-refractivity contribution is 0.250. The van der Waals surface area contributed by atoms with Crippen LogP contribution in [-0.2, 0) is 13.2 Å². The van der Waals surface area contributed by atoms with E-state index in [1.807, 2.05) is 0 Å². The summed E-state index contributed by atoms with van der Waals surface area (Å²) in [5.41, 5.74) is 1.35. The fourth-order valence-corrected chi connectivity index (χ4v) is 2.33. The van der Waals surface area contributed by atoms with E-state index in [0.717, 1.165) is 0 Å². The van der Waals surface area contributed by atoms with Gasteiger partial charge in [-0.15, -0.1) is 0 Å². The third-order valence-corrected chi connectivity index (χ3v) is 3.58. The van der Waals surface area contributed by atoms with Crippen LogP contribution < -0.4 is 9.47 Å². The van der Waals surface area contributed by atoms with Gasteiger partial charge in [-0.25, -0.2) is 0 Å². The molecule has 106 valence electrons. The minimum absolute atomic E-state index is 0.136. The van der Waals surface area contributed by atoms with Gasteiger partial charge in [-0.05, 0) is 18.2 Å². The fourth-order valence-electron chi connectivity index (χ4n) is 1.82. The van der Waals surface area contributed by atoms with Crippen molar-refractivity contribution in [3.63, 3.8) is 0 Å².